The molecule has 1 aromatic heterocycles. The molecule has 0 spiro atoms. The smallest absolute Gasteiger partial charge is 0.406 e. The summed E-state index contributed by atoms with van der Waals surface area (Å²) in [7, 11) is -4.12. The maximum atomic E-state index is 12.7. The van der Waals surface area contributed by atoms with E-state index in [1.807, 2.05) is 13.8 Å². The lowest BCUT2D eigenvalue weighted by molar-refractivity contribution is -0.274. The van der Waals surface area contributed by atoms with Crippen molar-refractivity contribution in [1.82, 2.24) is 9.47 Å². The molecule has 3 rings (SSSR count). The molecule has 0 atom stereocenters. The number of sulfonamides is 1. The van der Waals surface area contributed by atoms with Crippen LogP contribution in [0.15, 0.2) is 41.4 Å². The molecule has 11 heteroatoms. The summed E-state index contributed by atoms with van der Waals surface area (Å²) in [6.45, 7) is 4.82. The average Bonchev–Trinajstić information content (AvgIpc) is 2.95. The molecule has 0 radical (unpaired) electrons. The maximum Gasteiger partial charge on any atom is 0.573 e. The minimum absolute atomic E-state index is 0.0292. The van der Waals surface area contributed by atoms with E-state index in [1.54, 1.807) is 9.47 Å². The average molecular weight is 431 g/mol. The Bertz CT molecular complexity index is 1020. The van der Waals surface area contributed by atoms with Gasteiger partial charge in [-0.05, 0) is 38.5 Å². The lowest BCUT2D eigenvalue weighted by Gasteiger charge is -2.24. The molecule has 2 aromatic rings. The number of halogens is 3. The van der Waals surface area contributed by atoms with Gasteiger partial charge in [-0.1, -0.05) is 6.07 Å². The Morgan fingerprint density at radius 3 is 2.55 bits per heavy atom. The van der Waals surface area contributed by atoms with Crippen LogP contribution in [0.2, 0.25) is 0 Å². The van der Waals surface area contributed by atoms with Crippen molar-refractivity contribution in [1.29, 1.82) is 0 Å². The van der Waals surface area contributed by atoms with Gasteiger partial charge in [-0.3, -0.25) is 9.52 Å². The number of aromatic nitrogens is 1. The second-order valence-corrected chi connectivity index (χ2v) is 8.56. The van der Waals surface area contributed by atoms with Crippen LogP contribution in [-0.4, -0.2) is 42.7 Å². The van der Waals surface area contributed by atoms with E-state index in [9.17, 15) is 26.4 Å². The van der Waals surface area contributed by atoms with Crippen LogP contribution in [0, 0.1) is 0 Å². The van der Waals surface area contributed by atoms with Crippen molar-refractivity contribution >= 4 is 21.6 Å². The highest BCUT2D eigenvalue weighted by atomic mass is 32.2. The lowest BCUT2D eigenvalue weighted by Crippen LogP contribution is -2.36. The summed E-state index contributed by atoms with van der Waals surface area (Å²) in [4.78, 5) is 14.2. The predicted molar refractivity (Wildman–Crippen MR) is 99.2 cm³/mol. The van der Waals surface area contributed by atoms with Gasteiger partial charge in [0.05, 0.1) is 5.69 Å². The molecule has 0 aliphatic carbocycles. The summed E-state index contributed by atoms with van der Waals surface area (Å²) in [5, 5.41) is 0. The Hall–Kier alpha value is -2.69. The van der Waals surface area contributed by atoms with E-state index in [4.69, 9.17) is 0 Å². The Morgan fingerprint density at radius 2 is 1.90 bits per heavy atom. The minimum Gasteiger partial charge on any atom is -0.406 e. The molecular weight excluding hydrogens is 411 g/mol. The van der Waals surface area contributed by atoms with Gasteiger partial charge in [0.2, 0.25) is 0 Å². The van der Waals surface area contributed by atoms with Crippen LogP contribution in [0.5, 0.6) is 5.75 Å². The molecule has 1 aliphatic rings. The second-order valence-electron chi connectivity index (χ2n) is 6.88. The standard InChI is InChI=1S/C18H20F3N3O4S/c1-12(2)24-8-4-7-23-11-15(10-16(23)17(24)25)29(26,27)22-13-5-3-6-14(9-13)28-18(19,20)21/h3,5-6,9-12,22H,4,7-8H2,1-2H3. The second kappa shape index (κ2) is 7.62. The number of amides is 1. The highest BCUT2D eigenvalue weighted by Crippen LogP contribution is 2.27. The van der Waals surface area contributed by atoms with Crippen LogP contribution in [0.3, 0.4) is 0 Å². The molecule has 1 aromatic carbocycles. The Morgan fingerprint density at radius 1 is 1.17 bits per heavy atom. The first-order chi connectivity index (χ1) is 13.5. The van der Waals surface area contributed by atoms with Crippen molar-refractivity contribution < 1.29 is 31.1 Å². The number of nitrogens with zero attached hydrogens (tertiary/aromatic N) is 2. The third kappa shape index (κ3) is 4.84. The number of fused-ring (bicyclic) bond motifs is 1. The van der Waals surface area contributed by atoms with Gasteiger partial charge in [-0.2, -0.15) is 0 Å². The first-order valence-corrected chi connectivity index (χ1v) is 10.3. The Kier molecular flexibility index (Phi) is 5.52. The third-order valence-electron chi connectivity index (χ3n) is 4.40. The van der Waals surface area contributed by atoms with Gasteiger partial charge >= 0.3 is 6.36 Å². The van der Waals surface area contributed by atoms with E-state index in [0.29, 0.717) is 19.5 Å². The van der Waals surface area contributed by atoms with Crippen LogP contribution in [0.1, 0.15) is 30.8 Å². The lowest BCUT2D eigenvalue weighted by atomic mass is 10.2. The summed E-state index contributed by atoms with van der Waals surface area (Å²) in [5.41, 5.74) is 0.161. The summed E-state index contributed by atoms with van der Waals surface area (Å²) >= 11 is 0. The molecule has 0 saturated heterocycles. The van der Waals surface area contributed by atoms with Crippen molar-refractivity contribution in [2.24, 2.45) is 0 Å². The van der Waals surface area contributed by atoms with Crippen LogP contribution >= 0.6 is 0 Å². The van der Waals surface area contributed by atoms with Crippen LogP contribution in [-0.2, 0) is 16.6 Å². The highest BCUT2D eigenvalue weighted by Gasteiger charge is 2.31. The fraction of sp³-hybridized carbons (Fsp3) is 0.389. The molecule has 0 saturated carbocycles. The number of carbonyl (C=O) groups is 1. The zero-order chi connectivity index (χ0) is 21.4. The van der Waals surface area contributed by atoms with Gasteiger partial charge in [0.15, 0.2) is 0 Å². The number of nitrogens with one attached hydrogen (secondary N) is 1. The number of benzene rings is 1. The third-order valence-corrected chi connectivity index (χ3v) is 5.75. The van der Waals surface area contributed by atoms with E-state index in [1.165, 1.54) is 24.4 Å². The molecule has 29 heavy (non-hydrogen) atoms. The Balaban J connectivity index is 1.86. The number of hydrogen-bond acceptors (Lipinski definition) is 4. The largest absolute Gasteiger partial charge is 0.573 e. The summed E-state index contributed by atoms with van der Waals surface area (Å²) in [6, 6.07) is 5.77. The van der Waals surface area contributed by atoms with Gasteiger partial charge in [0.25, 0.3) is 15.9 Å². The molecule has 1 aliphatic heterocycles. The van der Waals surface area contributed by atoms with Gasteiger partial charge in [-0.15, -0.1) is 13.2 Å². The van der Waals surface area contributed by atoms with Gasteiger partial charge in [-0.25, -0.2) is 8.42 Å². The number of alkyl halides is 3. The highest BCUT2D eigenvalue weighted by molar-refractivity contribution is 7.92. The molecule has 0 fully saturated rings. The summed E-state index contributed by atoms with van der Waals surface area (Å²) in [5.74, 6) is -0.812. The molecule has 1 amide bonds. The zero-order valence-corrected chi connectivity index (χ0v) is 16.5. The Labute approximate surface area is 166 Å². The number of ether oxygens (including phenoxy) is 1. The van der Waals surface area contributed by atoms with Crippen molar-refractivity contribution in [2.45, 2.75) is 44.1 Å². The quantitative estimate of drug-likeness (QED) is 0.787. The maximum absolute atomic E-state index is 12.7. The minimum atomic E-state index is -4.89. The first-order valence-electron chi connectivity index (χ1n) is 8.86. The fourth-order valence-corrected chi connectivity index (χ4v) is 4.21. The van der Waals surface area contributed by atoms with E-state index < -0.39 is 22.1 Å². The van der Waals surface area contributed by atoms with Crippen molar-refractivity contribution in [2.75, 3.05) is 11.3 Å². The number of aryl methyl sites for hydroxylation is 1. The van der Waals surface area contributed by atoms with E-state index in [0.717, 1.165) is 12.1 Å². The molecule has 0 bridgehead atoms. The van der Waals surface area contributed by atoms with E-state index in [-0.39, 0.29) is 28.2 Å². The number of anilines is 1. The molecule has 2 heterocycles. The van der Waals surface area contributed by atoms with Gasteiger partial charge in [0.1, 0.15) is 16.3 Å². The zero-order valence-electron chi connectivity index (χ0n) is 15.7. The monoisotopic (exact) mass is 431 g/mol. The number of rotatable bonds is 5. The van der Waals surface area contributed by atoms with Crippen molar-refractivity contribution in [3.8, 4) is 5.75 Å². The van der Waals surface area contributed by atoms with E-state index >= 15 is 0 Å². The fourth-order valence-electron chi connectivity index (χ4n) is 3.12. The van der Waals surface area contributed by atoms with Crippen LogP contribution < -0.4 is 9.46 Å². The summed E-state index contributed by atoms with van der Waals surface area (Å²) < 4.78 is 70.1. The first kappa shape index (κ1) is 21.0. The van der Waals surface area contributed by atoms with E-state index in [2.05, 4.69) is 9.46 Å². The SMILES string of the molecule is CC(C)N1CCCn2cc(S(=O)(=O)Nc3cccc(OC(F)(F)F)c3)cc2C1=O. The van der Waals surface area contributed by atoms with Crippen LogP contribution in [0.4, 0.5) is 18.9 Å². The normalized spacial score (nSPS) is 15.2. The molecule has 1 N–H and O–H groups in total. The van der Waals surface area contributed by atoms with Crippen molar-refractivity contribution in [3.05, 3.63) is 42.2 Å². The summed E-state index contributed by atoms with van der Waals surface area (Å²) in [6.07, 6.45) is -2.86. The van der Waals surface area contributed by atoms with Gasteiger partial charge < -0.3 is 14.2 Å². The van der Waals surface area contributed by atoms with Crippen LogP contribution in [0.25, 0.3) is 0 Å². The molecule has 0 unspecified atom stereocenters. The molecule has 158 valence electrons. The predicted octanol–water partition coefficient (Wildman–Crippen LogP) is 3.44. The topological polar surface area (TPSA) is 80.6 Å². The number of hydrogen-bond donors (Lipinski definition) is 1. The molecular formula is C18H20F3N3O4S. The number of carbonyl (C=O) groups excluding carboxylic acids is 1. The molecule has 7 nitrogen and oxygen atoms in total. The van der Waals surface area contributed by atoms with Gasteiger partial charge in [0, 0.05) is 31.4 Å². The van der Waals surface area contributed by atoms with Crippen molar-refractivity contribution in [3.63, 3.8) is 0 Å².